The Balaban J connectivity index is 3.48. The predicted molar refractivity (Wildman–Crippen MR) is 96.4 cm³/mol. The molecule has 1 rings (SSSR count). The van der Waals surface area contributed by atoms with Gasteiger partial charge in [-0.25, -0.2) is 0 Å². The number of hydrogen-bond acceptors (Lipinski definition) is 2. The highest BCUT2D eigenvalue weighted by Crippen LogP contribution is 2.71. The molecule has 2 nitrogen and oxygen atoms in total. The van der Waals surface area contributed by atoms with Crippen LogP contribution in [0, 0.1) is 0 Å². The third-order valence-corrected chi connectivity index (χ3v) is 12.1. The fourth-order valence-corrected chi connectivity index (χ4v) is 17.6. The van der Waals surface area contributed by atoms with Gasteiger partial charge in [0.1, 0.15) is 0 Å². The minimum atomic E-state index is -1.70. The van der Waals surface area contributed by atoms with Crippen LogP contribution in [-0.2, 0) is 9.53 Å². The molecular weight excluding hydrogens is 296 g/mol. The molecule has 0 unspecified atom stereocenters. The fourth-order valence-electron chi connectivity index (χ4n) is 3.66. The van der Waals surface area contributed by atoms with Crippen LogP contribution in [0.1, 0.15) is 6.92 Å². The van der Waals surface area contributed by atoms with Gasteiger partial charge >= 0.3 is 5.97 Å². The molecule has 5 heteroatoms. The van der Waals surface area contributed by atoms with E-state index in [0.29, 0.717) is 6.61 Å². The maximum Gasteiger partial charge on any atom is 0.316 e. The van der Waals surface area contributed by atoms with Crippen molar-refractivity contribution in [3.05, 3.63) is 10.4 Å². The number of hydrogen-bond donors (Lipinski definition) is 0. The van der Waals surface area contributed by atoms with Crippen molar-refractivity contribution in [3.63, 3.8) is 0 Å². The zero-order valence-corrected chi connectivity index (χ0v) is 18.0. The molecule has 1 aliphatic carbocycles. The highest BCUT2D eigenvalue weighted by molar-refractivity contribution is 7.02. The first-order chi connectivity index (χ1) is 8.72. The van der Waals surface area contributed by atoms with Crippen LogP contribution in [0.4, 0.5) is 0 Å². The van der Waals surface area contributed by atoms with E-state index >= 15 is 0 Å². The molecule has 0 saturated carbocycles. The molecule has 0 aromatic carbocycles. The first-order valence-electron chi connectivity index (χ1n) is 7.65. The Morgan fingerprint density at radius 3 is 1.45 bits per heavy atom. The smallest absolute Gasteiger partial charge is 0.316 e. The van der Waals surface area contributed by atoms with Crippen molar-refractivity contribution in [1.29, 1.82) is 0 Å². The number of ether oxygens (including phenoxy) is 1. The first kappa shape index (κ1) is 17.9. The van der Waals surface area contributed by atoms with Crippen molar-refractivity contribution in [2.75, 3.05) is 6.61 Å². The highest BCUT2D eigenvalue weighted by atomic mass is 28.3. The molecule has 116 valence electrons. The average molecular weight is 329 g/mol. The molecule has 0 saturated heterocycles. The summed E-state index contributed by atoms with van der Waals surface area (Å²) >= 11 is 0. The predicted octanol–water partition coefficient (Wildman–Crippen LogP) is 4.69. The van der Waals surface area contributed by atoms with Gasteiger partial charge in [0, 0.05) is 0 Å². The fraction of sp³-hybridized carbons (Fsp3) is 0.800. The lowest BCUT2D eigenvalue weighted by atomic mass is 10.3. The van der Waals surface area contributed by atoms with Gasteiger partial charge in [-0.2, -0.15) is 0 Å². The van der Waals surface area contributed by atoms with Crippen LogP contribution in [0.15, 0.2) is 10.4 Å². The van der Waals surface area contributed by atoms with E-state index in [1.807, 2.05) is 6.92 Å². The minimum Gasteiger partial charge on any atom is -0.465 e. The van der Waals surface area contributed by atoms with E-state index in [-0.39, 0.29) is 11.0 Å². The Kier molecular flexibility index (Phi) is 4.43. The van der Waals surface area contributed by atoms with Gasteiger partial charge in [0.15, 0.2) is 0 Å². The van der Waals surface area contributed by atoms with Crippen molar-refractivity contribution in [1.82, 2.24) is 0 Å². The van der Waals surface area contributed by atoms with Gasteiger partial charge in [-0.15, -0.1) is 0 Å². The SMILES string of the molecule is CCOC(=O)C1([Si](C)(C)C)C([Si](C)(C)C)=C1[Si](C)(C)C. The monoisotopic (exact) mass is 328 g/mol. The highest BCUT2D eigenvalue weighted by Gasteiger charge is 2.71. The quantitative estimate of drug-likeness (QED) is 0.540. The van der Waals surface area contributed by atoms with E-state index < -0.39 is 24.2 Å². The molecule has 0 fully saturated rings. The minimum absolute atomic E-state index is 0.0639. The second-order valence-electron chi connectivity index (χ2n) is 8.97. The summed E-state index contributed by atoms with van der Waals surface area (Å²) in [4.78, 5) is 12.9. The van der Waals surface area contributed by atoms with Crippen LogP contribution < -0.4 is 0 Å². The van der Waals surface area contributed by atoms with Crippen molar-refractivity contribution >= 4 is 30.2 Å². The summed E-state index contributed by atoms with van der Waals surface area (Å²) in [6, 6.07) is 0. The van der Waals surface area contributed by atoms with E-state index in [9.17, 15) is 4.79 Å². The molecule has 20 heavy (non-hydrogen) atoms. The zero-order valence-electron chi connectivity index (χ0n) is 15.0. The maximum absolute atomic E-state index is 12.9. The molecule has 0 N–H and O–H groups in total. The molecule has 0 atom stereocenters. The Morgan fingerprint density at radius 2 is 1.25 bits per heavy atom. The van der Waals surface area contributed by atoms with Crippen LogP contribution in [0.25, 0.3) is 0 Å². The maximum atomic E-state index is 12.9. The van der Waals surface area contributed by atoms with Gasteiger partial charge < -0.3 is 4.74 Å². The molecule has 0 bridgehead atoms. The van der Waals surface area contributed by atoms with Crippen LogP contribution in [-0.4, -0.2) is 36.8 Å². The number of esters is 1. The summed E-state index contributed by atoms with van der Waals surface area (Å²) in [7, 11) is -4.67. The second kappa shape index (κ2) is 4.95. The van der Waals surface area contributed by atoms with E-state index in [0.717, 1.165) is 0 Å². The van der Waals surface area contributed by atoms with Crippen LogP contribution >= 0.6 is 0 Å². The zero-order chi connectivity index (χ0) is 16.1. The average Bonchev–Trinajstić information content (AvgIpc) is 2.86. The van der Waals surface area contributed by atoms with Gasteiger partial charge in [-0.1, -0.05) is 69.3 Å². The van der Waals surface area contributed by atoms with Crippen molar-refractivity contribution in [3.8, 4) is 0 Å². The normalized spacial score (nSPS) is 19.1. The van der Waals surface area contributed by atoms with E-state index in [2.05, 4.69) is 58.9 Å². The van der Waals surface area contributed by atoms with E-state index in [1.54, 1.807) is 10.4 Å². The van der Waals surface area contributed by atoms with Gasteiger partial charge in [0.25, 0.3) is 0 Å². The summed E-state index contributed by atoms with van der Waals surface area (Å²) in [5.74, 6) is 0.0639. The third-order valence-electron chi connectivity index (χ3n) is 4.14. The topological polar surface area (TPSA) is 26.3 Å². The van der Waals surface area contributed by atoms with Gasteiger partial charge in [-0.05, 0) is 6.92 Å². The molecule has 0 spiro atoms. The lowest BCUT2D eigenvalue weighted by Crippen LogP contribution is -2.45. The Labute approximate surface area is 128 Å². The van der Waals surface area contributed by atoms with Crippen molar-refractivity contribution in [2.45, 2.75) is 70.9 Å². The summed E-state index contributed by atoms with van der Waals surface area (Å²) in [5, 5.41) is 2.82. The summed E-state index contributed by atoms with van der Waals surface area (Å²) in [6.45, 7) is 23.7. The molecule has 0 aromatic rings. The molecule has 0 amide bonds. The van der Waals surface area contributed by atoms with Gasteiger partial charge in [0.05, 0.1) is 35.9 Å². The molecule has 0 aliphatic heterocycles. The summed E-state index contributed by atoms with van der Waals surface area (Å²) < 4.78 is 5.55. The molecule has 1 aliphatic rings. The summed E-state index contributed by atoms with van der Waals surface area (Å²) in [5.41, 5.74) is 0. The largest absolute Gasteiger partial charge is 0.465 e. The molecule has 0 aromatic heterocycles. The molecule has 0 heterocycles. The third kappa shape index (κ3) is 2.64. The second-order valence-corrected chi connectivity index (χ2v) is 24.2. The molecular formula is C15H32O2Si3. The van der Waals surface area contributed by atoms with E-state index in [4.69, 9.17) is 4.74 Å². The Bertz CT molecular complexity index is 421. The van der Waals surface area contributed by atoms with E-state index in [1.165, 1.54) is 0 Å². The Morgan fingerprint density at radius 1 is 0.900 bits per heavy atom. The first-order valence-corrected chi connectivity index (χ1v) is 18.2. The lowest BCUT2D eigenvalue weighted by molar-refractivity contribution is -0.143. The molecule has 0 radical (unpaired) electrons. The summed E-state index contributed by atoms with van der Waals surface area (Å²) in [6.07, 6.45) is 0. The standard InChI is InChI=1S/C15H32O2Si3/c1-11-17-14(16)15(20(8,9)10)12(18(2,3)4)13(15)19(5,6)7/h11H2,1-10H3. The number of carbonyl (C=O) groups excluding carboxylic acids is 1. The number of carbonyl (C=O) groups is 1. The van der Waals surface area contributed by atoms with Crippen LogP contribution in [0.5, 0.6) is 0 Å². The van der Waals surface area contributed by atoms with Crippen LogP contribution in [0.3, 0.4) is 0 Å². The van der Waals surface area contributed by atoms with Crippen LogP contribution in [0.2, 0.25) is 64.0 Å². The lowest BCUT2D eigenvalue weighted by Gasteiger charge is -2.35. The van der Waals surface area contributed by atoms with Crippen molar-refractivity contribution < 1.29 is 9.53 Å². The Hall–Kier alpha value is -0.139. The van der Waals surface area contributed by atoms with Crippen molar-refractivity contribution in [2.24, 2.45) is 0 Å². The van der Waals surface area contributed by atoms with Gasteiger partial charge in [0.2, 0.25) is 0 Å². The van der Waals surface area contributed by atoms with Gasteiger partial charge in [-0.3, -0.25) is 4.79 Å². The number of rotatable bonds is 5.